The summed E-state index contributed by atoms with van der Waals surface area (Å²) in [5.41, 5.74) is 1.27. The predicted molar refractivity (Wildman–Crippen MR) is 118 cm³/mol. The smallest absolute Gasteiger partial charge is 0.243 e. The fraction of sp³-hybridized carbons (Fsp3) is 0.286. The molecule has 1 amide bonds. The monoisotopic (exact) mass is 476 g/mol. The highest BCUT2D eigenvalue weighted by Crippen LogP contribution is 2.21. The molecule has 0 bridgehead atoms. The number of nitrogens with zero attached hydrogens (tertiary/aromatic N) is 3. The lowest BCUT2D eigenvalue weighted by molar-refractivity contribution is -0.116. The summed E-state index contributed by atoms with van der Waals surface area (Å²) in [6.45, 7) is 1.43. The Kier molecular flexibility index (Phi) is 6.85. The molecule has 0 radical (unpaired) electrons. The number of halogens is 1. The molecule has 0 unspecified atom stereocenters. The molecule has 2 heterocycles. The molecule has 4 rings (SSSR count). The Balaban J connectivity index is 1.31. The number of nitrogens with one attached hydrogen (secondary N) is 1. The van der Waals surface area contributed by atoms with Crippen molar-refractivity contribution in [1.82, 2.24) is 14.4 Å². The molecule has 0 atom stereocenters. The Morgan fingerprint density at radius 3 is 2.44 bits per heavy atom. The number of benzene rings is 2. The highest BCUT2D eigenvalue weighted by Gasteiger charge is 2.26. The molecule has 2 aromatic carbocycles. The van der Waals surface area contributed by atoms with Gasteiger partial charge in [0.15, 0.2) is 0 Å². The number of carbonyl (C=O) groups excluding carboxylic acids is 1. The van der Waals surface area contributed by atoms with Crippen LogP contribution < -0.4 is 5.32 Å². The van der Waals surface area contributed by atoms with Crippen LogP contribution in [0.15, 0.2) is 57.9 Å². The predicted octanol–water partition coefficient (Wildman–Crippen LogP) is 2.98. The summed E-state index contributed by atoms with van der Waals surface area (Å²) in [5, 5.41) is 7.27. The average Bonchev–Trinajstić information content (AvgIpc) is 3.28. The SMILES string of the molecule is O=C(CCc1nc(-c2ccc(Cl)cc2)no1)Nc1ccc(S(=O)(=O)N2CCOCC2)cc1. The number of hydrogen-bond donors (Lipinski definition) is 1. The van der Waals surface area contributed by atoms with E-state index in [1.54, 1.807) is 36.4 Å². The van der Waals surface area contributed by atoms with E-state index in [2.05, 4.69) is 15.5 Å². The van der Waals surface area contributed by atoms with Crippen LogP contribution in [0, 0.1) is 0 Å². The van der Waals surface area contributed by atoms with Gasteiger partial charge in [0.1, 0.15) is 0 Å². The third-order valence-corrected chi connectivity index (χ3v) is 7.05. The van der Waals surface area contributed by atoms with Crippen molar-refractivity contribution in [2.24, 2.45) is 0 Å². The molecular weight excluding hydrogens is 456 g/mol. The summed E-state index contributed by atoms with van der Waals surface area (Å²) < 4.78 is 37.1. The number of sulfonamides is 1. The molecule has 9 nitrogen and oxygen atoms in total. The zero-order valence-corrected chi connectivity index (χ0v) is 18.6. The average molecular weight is 477 g/mol. The zero-order valence-electron chi connectivity index (χ0n) is 17.0. The second-order valence-corrected chi connectivity index (χ2v) is 9.48. The van der Waals surface area contributed by atoms with E-state index < -0.39 is 10.0 Å². The van der Waals surface area contributed by atoms with Crippen LogP contribution in [0.25, 0.3) is 11.4 Å². The third-order valence-electron chi connectivity index (χ3n) is 4.88. The van der Waals surface area contributed by atoms with Crippen molar-refractivity contribution in [1.29, 1.82) is 0 Å². The first-order chi connectivity index (χ1) is 15.4. The van der Waals surface area contributed by atoms with Gasteiger partial charge in [0.2, 0.25) is 27.6 Å². The topological polar surface area (TPSA) is 115 Å². The maximum absolute atomic E-state index is 12.7. The number of amides is 1. The van der Waals surface area contributed by atoms with Crippen LogP contribution in [0.3, 0.4) is 0 Å². The minimum Gasteiger partial charge on any atom is -0.379 e. The van der Waals surface area contributed by atoms with E-state index in [-0.39, 0.29) is 23.6 Å². The summed E-state index contributed by atoms with van der Waals surface area (Å²) in [4.78, 5) is 16.7. The second-order valence-electron chi connectivity index (χ2n) is 7.11. The lowest BCUT2D eigenvalue weighted by atomic mass is 10.2. The van der Waals surface area contributed by atoms with Gasteiger partial charge in [-0.05, 0) is 48.5 Å². The van der Waals surface area contributed by atoms with Crippen LogP contribution in [-0.4, -0.2) is 55.1 Å². The number of aryl methyl sites for hydroxylation is 1. The van der Waals surface area contributed by atoms with Crippen molar-refractivity contribution >= 4 is 33.2 Å². The van der Waals surface area contributed by atoms with Crippen LogP contribution in [0.2, 0.25) is 5.02 Å². The molecule has 0 saturated carbocycles. The first-order valence-electron chi connectivity index (χ1n) is 9.98. The molecule has 3 aromatic rings. The highest BCUT2D eigenvalue weighted by atomic mass is 35.5. The van der Waals surface area contributed by atoms with Crippen molar-refractivity contribution in [3.8, 4) is 11.4 Å². The number of aromatic nitrogens is 2. The van der Waals surface area contributed by atoms with Gasteiger partial charge in [0.25, 0.3) is 0 Å². The first-order valence-corrected chi connectivity index (χ1v) is 11.8. The van der Waals surface area contributed by atoms with E-state index in [1.165, 1.54) is 16.4 Å². The minimum atomic E-state index is -3.57. The maximum Gasteiger partial charge on any atom is 0.243 e. The van der Waals surface area contributed by atoms with Crippen molar-refractivity contribution in [3.05, 3.63) is 59.4 Å². The quantitative estimate of drug-likeness (QED) is 0.557. The van der Waals surface area contributed by atoms with E-state index >= 15 is 0 Å². The van der Waals surface area contributed by atoms with Crippen LogP contribution in [-0.2, 0) is 26.0 Å². The molecule has 1 N–H and O–H groups in total. The Morgan fingerprint density at radius 1 is 1.06 bits per heavy atom. The van der Waals surface area contributed by atoms with E-state index in [1.807, 2.05) is 0 Å². The molecule has 11 heteroatoms. The fourth-order valence-electron chi connectivity index (χ4n) is 3.16. The first kappa shape index (κ1) is 22.4. The molecular formula is C21H21ClN4O5S. The Hall–Kier alpha value is -2.79. The fourth-order valence-corrected chi connectivity index (χ4v) is 4.70. The minimum absolute atomic E-state index is 0.135. The van der Waals surface area contributed by atoms with Crippen LogP contribution in [0.1, 0.15) is 12.3 Å². The maximum atomic E-state index is 12.7. The molecule has 1 aliphatic heterocycles. The van der Waals surface area contributed by atoms with Crippen molar-refractivity contribution in [2.75, 3.05) is 31.6 Å². The van der Waals surface area contributed by atoms with Gasteiger partial charge in [-0.3, -0.25) is 4.79 Å². The number of ether oxygens (including phenoxy) is 1. The van der Waals surface area contributed by atoms with Crippen LogP contribution in [0.4, 0.5) is 5.69 Å². The molecule has 1 fully saturated rings. The molecule has 1 aliphatic rings. The van der Waals surface area contributed by atoms with Gasteiger partial charge in [-0.1, -0.05) is 16.8 Å². The molecule has 1 saturated heterocycles. The van der Waals surface area contributed by atoms with E-state index in [0.717, 1.165) is 5.56 Å². The van der Waals surface area contributed by atoms with Gasteiger partial charge in [0.05, 0.1) is 18.1 Å². The Bertz CT molecular complexity index is 1170. The van der Waals surface area contributed by atoms with Crippen molar-refractivity contribution in [3.63, 3.8) is 0 Å². The van der Waals surface area contributed by atoms with Gasteiger partial charge >= 0.3 is 0 Å². The number of anilines is 1. The molecule has 0 spiro atoms. The number of morpholine rings is 1. The Labute approximate surface area is 190 Å². The zero-order chi connectivity index (χ0) is 22.6. The van der Waals surface area contributed by atoms with Gasteiger partial charge in [-0.2, -0.15) is 9.29 Å². The summed E-state index contributed by atoms with van der Waals surface area (Å²) in [6, 6.07) is 13.1. The van der Waals surface area contributed by atoms with E-state index in [4.69, 9.17) is 20.9 Å². The Morgan fingerprint density at radius 2 is 1.75 bits per heavy atom. The van der Waals surface area contributed by atoms with Crippen molar-refractivity contribution < 1.29 is 22.5 Å². The van der Waals surface area contributed by atoms with Crippen LogP contribution >= 0.6 is 11.6 Å². The lowest BCUT2D eigenvalue weighted by Gasteiger charge is -2.26. The largest absolute Gasteiger partial charge is 0.379 e. The van der Waals surface area contributed by atoms with E-state index in [0.29, 0.717) is 48.7 Å². The van der Waals surface area contributed by atoms with E-state index in [9.17, 15) is 13.2 Å². The van der Waals surface area contributed by atoms with Gasteiger partial charge in [-0.25, -0.2) is 8.42 Å². The number of carbonyl (C=O) groups is 1. The molecule has 168 valence electrons. The standard InChI is InChI=1S/C21H21ClN4O5S/c22-16-3-1-15(2-4-16)21-24-20(31-25-21)10-9-19(27)23-17-5-7-18(8-6-17)32(28,29)26-11-13-30-14-12-26/h1-8H,9-14H2,(H,23,27). The second kappa shape index (κ2) is 9.78. The highest BCUT2D eigenvalue weighted by molar-refractivity contribution is 7.89. The molecule has 32 heavy (non-hydrogen) atoms. The molecule has 0 aliphatic carbocycles. The molecule has 1 aromatic heterocycles. The number of hydrogen-bond acceptors (Lipinski definition) is 7. The van der Waals surface area contributed by atoms with Crippen molar-refractivity contribution in [2.45, 2.75) is 17.7 Å². The normalized spacial score (nSPS) is 14.9. The van der Waals surface area contributed by atoms with Gasteiger partial charge in [-0.15, -0.1) is 0 Å². The summed E-state index contributed by atoms with van der Waals surface area (Å²) in [7, 11) is -3.57. The summed E-state index contributed by atoms with van der Waals surface area (Å²) in [6.07, 6.45) is 0.409. The number of rotatable bonds is 7. The van der Waals surface area contributed by atoms with Gasteiger partial charge in [0, 0.05) is 42.2 Å². The third kappa shape index (κ3) is 5.33. The van der Waals surface area contributed by atoms with Crippen LogP contribution in [0.5, 0.6) is 0 Å². The van der Waals surface area contributed by atoms with Gasteiger partial charge < -0.3 is 14.6 Å². The summed E-state index contributed by atoms with van der Waals surface area (Å²) in [5.74, 6) is 0.520. The lowest BCUT2D eigenvalue weighted by Crippen LogP contribution is -2.40. The summed E-state index contributed by atoms with van der Waals surface area (Å²) >= 11 is 5.88.